The number of fused-ring (bicyclic) bond motifs is 2. The lowest BCUT2D eigenvalue weighted by Crippen LogP contribution is -2.57. The Hall–Kier alpha value is -4.27. The highest BCUT2D eigenvalue weighted by Gasteiger charge is 2.59. The van der Waals surface area contributed by atoms with E-state index in [1.807, 2.05) is 0 Å². The Labute approximate surface area is 296 Å². The molecular weight excluding hydrogens is 680 g/mol. The Morgan fingerprint density at radius 2 is 1.70 bits per heavy atom. The summed E-state index contributed by atoms with van der Waals surface area (Å²) in [7, 11) is -2.47. The fourth-order valence-corrected chi connectivity index (χ4v) is 9.11. The number of hydrogen-bond acceptors (Lipinski definition) is 10. The Kier molecular flexibility index (Phi) is 9.44. The maximum Gasteiger partial charge on any atom is 0.427 e. The number of carbonyl (C=O) groups is 2. The van der Waals surface area contributed by atoms with E-state index in [1.54, 1.807) is 60.5 Å². The van der Waals surface area contributed by atoms with E-state index in [1.165, 1.54) is 30.5 Å². The van der Waals surface area contributed by atoms with Gasteiger partial charge in [0.25, 0.3) is 15.9 Å². The van der Waals surface area contributed by atoms with E-state index in [0.29, 0.717) is 24.5 Å². The zero-order valence-corrected chi connectivity index (χ0v) is 29.5. The topological polar surface area (TPSA) is 125 Å². The summed E-state index contributed by atoms with van der Waals surface area (Å²) in [6.45, 7) is 6.56. The molecule has 0 aliphatic carbocycles. The second-order valence-electron chi connectivity index (χ2n) is 12.7. The Bertz CT molecular complexity index is 2030. The normalized spacial score (nSPS) is 20.9. The van der Waals surface area contributed by atoms with Gasteiger partial charge in [0.2, 0.25) is 0 Å². The van der Waals surface area contributed by atoms with Gasteiger partial charge in [-0.05, 0) is 76.3 Å². The number of nitrogens with zero attached hydrogens (tertiary/aromatic N) is 5. The van der Waals surface area contributed by atoms with Gasteiger partial charge in [0.1, 0.15) is 10.6 Å². The van der Waals surface area contributed by atoms with Crippen LogP contribution in [0.4, 0.5) is 10.5 Å². The molecule has 2 saturated heterocycles. The average Bonchev–Trinajstić information content (AvgIpc) is 3.36. The summed E-state index contributed by atoms with van der Waals surface area (Å²) >= 11 is 6.54. The number of benzene rings is 3. The first-order valence-electron chi connectivity index (χ1n) is 16.8. The number of carbonyl (C=O) groups excluding carboxylic acids is 2. The molecule has 3 aliphatic heterocycles. The summed E-state index contributed by atoms with van der Waals surface area (Å²) in [5, 5.41) is 5.23. The van der Waals surface area contributed by atoms with Crippen LogP contribution in [0.3, 0.4) is 0 Å². The molecule has 2 amide bonds. The number of pyridine rings is 1. The van der Waals surface area contributed by atoms with Crippen molar-refractivity contribution in [3.05, 3.63) is 95.1 Å². The first-order valence-corrected chi connectivity index (χ1v) is 18.6. The van der Waals surface area contributed by atoms with Crippen molar-refractivity contribution in [3.8, 4) is 5.75 Å². The minimum absolute atomic E-state index is 0.0330. The van der Waals surface area contributed by atoms with E-state index in [9.17, 15) is 13.2 Å². The first kappa shape index (κ1) is 34.2. The SMILES string of the molecule is CCOc1ccccc1C1(NC(=O)ON2CCN(C3CCN(C)CC3)CC2)C(=O)N(S(=O)(=O)c2cccc3cccnc23)c2ccc(Cl)cc21. The fourth-order valence-electron chi connectivity index (χ4n) is 7.30. The van der Waals surface area contributed by atoms with Crippen LogP contribution in [0.1, 0.15) is 30.9 Å². The van der Waals surface area contributed by atoms with Gasteiger partial charge in [-0.25, -0.2) is 13.2 Å². The first-order chi connectivity index (χ1) is 24.1. The second kappa shape index (κ2) is 13.8. The number of likely N-dealkylation sites (tertiary alicyclic amines) is 1. The standard InChI is InChI=1S/C36H39ClN6O6S/c1-3-48-31-11-5-4-10-28(31)36(39-35(45)49-42-22-20-41(21-23-42)27-15-18-40(2)19-16-27)29-24-26(37)13-14-30(29)43(34(36)44)50(46,47)32-12-6-8-25-9-7-17-38-33(25)32/h4-14,17,24,27H,3,15-16,18-23H2,1-2H3,(H,39,45). The van der Waals surface area contributed by atoms with E-state index in [0.717, 1.165) is 43.3 Å². The largest absolute Gasteiger partial charge is 0.493 e. The number of anilines is 1. The molecular formula is C36H39ClN6O6S. The summed E-state index contributed by atoms with van der Waals surface area (Å²) in [5.41, 5.74) is -1.47. The molecule has 3 aliphatic rings. The molecule has 0 saturated carbocycles. The number of halogens is 1. The third-order valence-corrected chi connectivity index (χ3v) is 11.7. The van der Waals surface area contributed by atoms with Crippen molar-refractivity contribution < 1.29 is 27.6 Å². The molecule has 7 rings (SSSR count). The fraction of sp³-hybridized carbons (Fsp3) is 0.361. The number of rotatable bonds is 8. The summed E-state index contributed by atoms with van der Waals surface area (Å²) in [6, 6.07) is 19.9. The highest BCUT2D eigenvalue weighted by atomic mass is 35.5. The zero-order chi connectivity index (χ0) is 35.0. The van der Waals surface area contributed by atoms with Crippen LogP contribution in [0.2, 0.25) is 5.02 Å². The monoisotopic (exact) mass is 718 g/mol. The van der Waals surface area contributed by atoms with Gasteiger partial charge in [-0.2, -0.15) is 4.31 Å². The number of piperidine rings is 1. The van der Waals surface area contributed by atoms with Crippen molar-refractivity contribution >= 4 is 50.2 Å². The molecule has 1 atom stereocenters. The van der Waals surface area contributed by atoms with Crippen LogP contribution in [0.25, 0.3) is 10.9 Å². The lowest BCUT2D eigenvalue weighted by atomic mass is 9.83. The molecule has 14 heteroatoms. The van der Waals surface area contributed by atoms with Crippen LogP contribution in [-0.4, -0.2) is 99.2 Å². The van der Waals surface area contributed by atoms with Gasteiger partial charge in [-0.15, -0.1) is 5.06 Å². The Morgan fingerprint density at radius 3 is 2.46 bits per heavy atom. The van der Waals surface area contributed by atoms with Crippen LogP contribution in [0, 0.1) is 0 Å². The Morgan fingerprint density at radius 1 is 0.960 bits per heavy atom. The lowest BCUT2D eigenvalue weighted by molar-refractivity contribution is -0.133. The summed E-state index contributed by atoms with van der Waals surface area (Å²) in [5.74, 6) is -0.661. The van der Waals surface area contributed by atoms with Crippen LogP contribution in [0.15, 0.2) is 83.9 Å². The van der Waals surface area contributed by atoms with Crippen molar-refractivity contribution in [2.75, 3.05) is 57.2 Å². The molecule has 2 fully saturated rings. The van der Waals surface area contributed by atoms with Gasteiger partial charge in [0.15, 0.2) is 5.54 Å². The second-order valence-corrected chi connectivity index (χ2v) is 14.9. The molecule has 4 aromatic rings. The minimum Gasteiger partial charge on any atom is -0.493 e. The predicted molar refractivity (Wildman–Crippen MR) is 190 cm³/mol. The van der Waals surface area contributed by atoms with Crippen LogP contribution in [0.5, 0.6) is 5.75 Å². The quantitative estimate of drug-likeness (QED) is 0.276. The van der Waals surface area contributed by atoms with Crippen LogP contribution < -0.4 is 14.4 Å². The minimum atomic E-state index is -4.60. The number of sulfonamides is 1. The van der Waals surface area contributed by atoms with Crippen molar-refractivity contribution in [2.24, 2.45) is 0 Å². The van der Waals surface area contributed by atoms with Crippen molar-refractivity contribution in [2.45, 2.75) is 36.2 Å². The van der Waals surface area contributed by atoms with Gasteiger partial charge >= 0.3 is 6.09 Å². The third-order valence-electron chi connectivity index (χ3n) is 9.77. The summed E-state index contributed by atoms with van der Waals surface area (Å²) in [6.07, 6.45) is 2.76. The van der Waals surface area contributed by atoms with Gasteiger partial charge in [0, 0.05) is 60.0 Å². The van der Waals surface area contributed by atoms with Gasteiger partial charge < -0.3 is 14.5 Å². The number of nitrogens with one attached hydrogen (secondary N) is 1. The molecule has 1 N–H and O–H groups in total. The number of amides is 2. The number of aromatic nitrogens is 1. The highest BCUT2D eigenvalue weighted by Crippen LogP contribution is 2.50. The molecule has 1 aromatic heterocycles. The van der Waals surface area contributed by atoms with E-state index in [2.05, 4.69) is 27.1 Å². The molecule has 262 valence electrons. The van der Waals surface area contributed by atoms with Gasteiger partial charge in [-0.3, -0.25) is 20.0 Å². The number of piperazine rings is 1. The molecule has 12 nitrogen and oxygen atoms in total. The predicted octanol–water partition coefficient (Wildman–Crippen LogP) is 4.62. The third kappa shape index (κ3) is 6.07. The van der Waals surface area contributed by atoms with Crippen LogP contribution >= 0.6 is 11.6 Å². The molecule has 3 aromatic carbocycles. The zero-order valence-electron chi connectivity index (χ0n) is 27.9. The van der Waals surface area contributed by atoms with Crippen molar-refractivity contribution in [1.82, 2.24) is 25.2 Å². The van der Waals surface area contributed by atoms with E-state index >= 15 is 4.79 Å². The maximum absolute atomic E-state index is 15.1. The molecule has 1 unspecified atom stereocenters. The summed E-state index contributed by atoms with van der Waals surface area (Å²) < 4.78 is 36.0. The lowest BCUT2D eigenvalue weighted by Gasteiger charge is -2.41. The molecule has 4 heterocycles. The van der Waals surface area contributed by atoms with Gasteiger partial charge in [-0.1, -0.05) is 48.0 Å². The average molecular weight is 719 g/mol. The van der Waals surface area contributed by atoms with E-state index in [4.69, 9.17) is 21.2 Å². The van der Waals surface area contributed by atoms with Crippen molar-refractivity contribution in [3.63, 3.8) is 0 Å². The molecule has 50 heavy (non-hydrogen) atoms. The maximum atomic E-state index is 15.1. The van der Waals surface area contributed by atoms with E-state index in [-0.39, 0.29) is 44.6 Å². The van der Waals surface area contributed by atoms with Crippen LogP contribution in [-0.2, 0) is 25.2 Å². The Balaban J connectivity index is 1.27. The van der Waals surface area contributed by atoms with Crippen molar-refractivity contribution in [1.29, 1.82) is 0 Å². The number of ether oxygens (including phenoxy) is 1. The van der Waals surface area contributed by atoms with Gasteiger partial charge in [0.05, 0.1) is 17.8 Å². The smallest absolute Gasteiger partial charge is 0.427 e. The number of hydrogen-bond donors (Lipinski definition) is 1. The number of para-hydroxylation sites is 2. The number of hydroxylamine groups is 2. The molecule has 0 bridgehead atoms. The molecule has 0 spiro atoms. The molecule has 0 radical (unpaired) electrons. The summed E-state index contributed by atoms with van der Waals surface area (Å²) in [4.78, 5) is 43.9. The highest BCUT2D eigenvalue weighted by molar-refractivity contribution is 7.93. The van der Waals surface area contributed by atoms with E-state index < -0.39 is 27.6 Å².